The van der Waals surface area contributed by atoms with Gasteiger partial charge < -0.3 is 14.4 Å². The SMILES string of the molecule is Cn1ccc(CC(=O)N2CCCN(C(=O)c3ccccc3Cl)CC2)c1. The molecule has 2 aromatic rings. The van der Waals surface area contributed by atoms with E-state index in [1.807, 2.05) is 47.1 Å². The fourth-order valence-corrected chi connectivity index (χ4v) is 3.34. The molecule has 1 aromatic heterocycles. The molecule has 132 valence electrons. The molecule has 0 saturated carbocycles. The summed E-state index contributed by atoms with van der Waals surface area (Å²) in [6.45, 7) is 2.41. The van der Waals surface area contributed by atoms with Crippen LogP contribution in [0.4, 0.5) is 0 Å². The second kappa shape index (κ2) is 7.74. The van der Waals surface area contributed by atoms with E-state index in [4.69, 9.17) is 11.6 Å². The van der Waals surface area contributed by atoms with Crippen molar-refractivity contribution in [2.24, 2.45) is 7.05 Å². The molecule has 1 fully saturated rings. The first-order chi connectivity index (χ1) is 12.0. The van der Waals surface area contributed by atoms with Crippen LogP contribution in [0, 0.1) is 0 Å². The largest absolute Gasteiger partial charge is 0.357 e. The molecule has 2 amide bonds. The first-order valence-electron chi connectivity index (χ1n) is 8.47. The fourth-order valence-electron chi connectivity index (χ4n) is 3.13. The molecule has 0 radical (unpaired) electrons. The van der Waals surface area contributed by atoms with E-state index in [1.54, 1.807) is 17.0 Å². The highest BCUT2D eigenvalue weighted by atomic mass is 35.5. The molecule has 5 nitrogen and oxygen atoms in total. The van der Waals surface area contributed by atoms with Crippen LogP contribution >= 0.6 is 11.6 Å². The number of aromatic nitrogens is 1. The van der Waals surface area contributed by atoms with Crippen LogP contribution in [0.1, 0.15) is 22.3 Å². The molecule has 2 heterocycles. The summed E-state index contributed by atoms with van der Waals surface area (Å²) in [5.74, 6) is 0.0428. The molecule has 3 rings (SSSR count). The topological polar surface area (TPSA) is 45.6 Å². The van der Waals surface area contributed by atoms with Crippen LogP contribution in [0.15, 0.2) is 42.7 Å². The zero-order valence-corrected chi connectivity index (χ0v) is 15.1. The van der Waals surface area contributed by atoms with Crippen LogP contribution in [0.2, 0.25) is 5.02 Å². The third-order valence-electron chi connectivity index (χ3n) is 4.49. The van der Waals surface area contributed by atoms with Gasteiger partial charge in [-0.15, -0.1) is 0 Å². The second-order valence-electron chi connectivity index (χ2n) is 6.37. The van der Waals surface area contributed by atoms with Crippen LogP contribution in [-0.2, 0) is 18.3 Å². The van der Waals surface area contributed by atoms with Crippen molar-refractivity contribution in [3.63, 3.8) is 0 Å². The van der Waals surface area contributed by atoms with Crippen molar-refractivity contribution in [1.82, 2.24) is 14.4 Å². The zero-order valence-electron chi connectivity index (χ0n) is 14.3. The van der Waals surface area contributed by atoms with Crippen LogP contribution in [-0.4, -0.2) is 52.4 Å². The van der Waals surface area contributed by atoms with E-state index in [1.165, 1.54) is 0 Å². The number of rotatable bonds is 3. The third-order valence-corrected chi connectivity index (χ3v) is 4.82. The lowest BCUT2D eigenvalue weighted by Crippen LogP contribution is -2.38. The van der Waals surface area contributed by atoms with E-state index in [0.717, 1.165) is 12.0 Å². The van der Waals surface area contributed by atoms with E-state index >= 15 is 0 Å². The van der Waals surface area contributed by atoms with Gasteiger partial charge in [-0.2, -0.15) is 0 Å². The minimum atomic E-state index is -0.0667. The number of nitrogens with zero attached hydrogens (tertiary/aromatic N) is 3. The maximum Gasteiger partial charge on any atom is 0.255 e. The molecule has 0 bridgehead atoms. The lowest BCUT2D eigenvalue weighted by atomic mass is 10.2. The highest BCUT2D eigenvalue weighted by molar-refractivity contribution is 6.33. The molecular formula is C19H22ClN3O2. The predicted octanol–water partition coefficient (Wildman–Crippen LogP) is 2.60. The lowest BCUT2D eigenvalue weighted by molar-refractivity contribution is -0.130. The first kappa shape index (κ1) is 17.5. The van der Waals surface area contributed by atoms with Crippen LogP contribution in [0.25, 0.3) is 0 Å². The Labute approximate surface area is 152 Å². The van der Waals surface area contributed by atoms with Gasteiger partial charge in [-0.05, 0) is 30.2 Å². The quantitative estimate of drug-likeness (QED) is 0.845. The molecule has 6 heteroatoms. The summed E-state index contributed by atoms with van der Waals surface area (Å²) in [6.07, 6.45) is 5.08. The molecule has 0 atom stereocenters. The summed E-state index contributed by atoms with van der Waals surface area (Å²) in [4.78, 5) is 28.8. The van der Waals surface area contributed by atoms with E-state index in [2.05, 4.69) is 0 Å². The third kappa shape index (κ3) is 4.23. The minimum Gasteiger partial charge on any atom is -0.357 e. The van der Waals surface area contributed by atoms with Gasteiger partial charge in [0.25, 0.3) is 5.91 Å². The van der Waals surface area contributed by atoms with Crippen molar-refractivity contribution in [3.05, 3.63) is 58.9 Å². The van der Waals surface area contributed by atoms with Gasteiger partial charge in [0.2, 0.25) is 5.91 Å². The van der Waals surface area contributed by atoms with E-state index in [0.29, 0.717) is 43.2 Å². The average Bonchev–Trinajstić information content (AvgIpc) is 2.86. The summed E-state index contributed by atoms with van der Waals surface area (Å²) < 4.78 is 1.94. The maximum absolute atomic E-state index is 12.7. The lowest BCUT2D eigenvalue weighted by Gasteiger charge is -2.22. The number of amides is 2. The number of hydrogen-bond acceptors (Lipinski definition) is 2. The molecule has 25 heavy (non-hydrogen) atoms. The molecule has 1 saturated heterocycles. The molecule has 0 aliphatic carbocycles. The van der Waals surface area contributed by atoms with Gasteiger partial charge in [0.05, 0.1) is 17.0 Å². The van der Waals surface area contributed by atoms with Crippen molar-refractivity contribution >= 4 is 23.4 Å². The van der Waals surface area contributed by atoms with Crippen LogP contribution in [0.5, 0.6) is 0 Å². The summed E-state index contributed by atoms with van der Waals surface area (Å²) in [6, 6.07) is 9.05. The number of carbonyl (C=O) groups excluding carboxylic acids is 2. The van der Waals surface area contributed by atoms with Crippen molar-refractivity contribution < 1.29 is 9.59 Å². The monoisotopic (exact) mass is 359 g/mol. The van der Waals surface area contributed by atoms with E-state index in [-0.39, 0.29) is 11.8 Å². The Kier molecular flexibility index (Phi) is 5.43. The van der Waals surface area contributed by atoms with Gasteiger partial charge in [0.15, 0.2) is 0 Å². The Balaban J connectivity index is 1.61. The Bertz CT molecular complexity index is 772. The normalized spacial score (nSPS) is 15.1. The molecule has 1 aliphatic heterocycles. The zero-order chi connectivity index (χ0) is 17.8. The average molecular weight is 360 g/mol. The molecular weight excluding hydrogens is 338 g/mol. The second-order valence-corrected chi connectivity index (χ2v) is 6.78. The fraction of sp³-hybridized carbons (Fsp3) is 0.368. The molecule has 0 spiro atoms. The van der Waals surface area contributed by atoms with Gasteiger partial charge in [0, 0.05) is 45.6 Å². The molecule has 1 aliphatic rings. The highest BCUT2D eigenvalue weighted by Crippen LogP contribution is 2.18. The Morgan fingerprint density at radius 1 is 1.04 bits per heavy atom. The number of aryl methyl sites for hydroxylation is 1. The Morgan fingerprint density at radius 2 is 1.76 bits per heavy atom. The Hall–Kier alpha value is -2.27. The van der Waals surface area contributed by atoms with E-state index < -0.39 is 0 Å². The van der Waals surface area contributed by atoms with Gasteiger partial charge in [-0.25, -0.2) is 0 Å². The van der Waals surface area contributed by atoms with Crippen molar-refractivity contribution in [3.8, 4) is 0 Å². The minimum absolute atomic E-state index is 0.0667. The molecule has 0 unspecified atom stereocenters. The van der Waals surface area contributed by atoms with Gasteiger partial charge in [-0.1, -0.05) is 23.7 Å². The summed E-state index contributed by atoms with van der Waals surface area (Å²) in [5.41, 5.74) is 1.54. The number of benzene rings is 1. The van der Waals surface area contributed by atoms with Crippen molar-refractivity contribution in [2.45, 2.75) is 12.8 Å². The number of hydrogen-bond donors (Lipinski definition) is 0. The predicted molar refractivity (Wildman–Crippen MR) is 97.7 cm³/mol. The van der Waals surface area contributed by atoms with Crippen LogP contribution in [0.3, 0.4) is 0 Å². The molecule has 1 aromatic carbocycles. The van der Waals surface area contributed by atoms with Gasteiger partial charge >= 0.3 is 0 Å². The molecule has 0 N–H and O–H groups in total. The summed E-state index contributed by atoms with van der Waals surface area (Å²) in [5, 5.41) is 0.466. The summed E-state index contributed by atoms with van der Waals surface area (Å²) in [7, 11) is 1.94. The van der Waals surface area contributed by atoms with Gasteiger partial charge in [-0.3, -0.25) is 9.59 Å². The standard InChI is InChI=1S/C19H22ClN3O2/c1-21-10-7-15(14-21)13-18(24)22-8-4-9-23(12-11-22)19(25)16-5-2-3-6-17(16)20/h2-3,5-7,10,14H,4,8-9,11-13H2,1H3. The van der Waals surface area contributed by atoms with Crippen molar-refractivity contribution in [2.75, 3.05) is 26.2 Å². The van der Waals surface area contributed by atoms with E-state index in [9.17, 15) is 9.59 Å². The van der Waals surface area contributed by atoms with Crippen LogP contribution < -0.4 is 0 Å². The Morgan fingerprint density at radius 3 is 2.48 bits per heavy atom. The number of carbonyl (C=O) groups is 2. The number of halogens is 1. The smallest absolute Gasteiger partial charge is 0.255 e. The summed E-state index contributed by atoms with van der Waals surface area (Å²) >= 11 is 6.14. The first-order valence-corrected chi connectivity index (χ1v) is 8.85. The van der Waals surface area contributed by atoms with Crippen molar-refractivity contribution in [1.29, 1.82) is 0 Å². The van der Waals surface area contributed by atoms with Gasteiger partial charge in [0.1, 0.15) is 0 Å². The maximum atomic E-state index is 12.7. The highest BCUT2D eigenvalue weighted by Gasteiger charge is 2.24.